The summed E-state index contributed by atoms with van der Waals surface area (Å²) in [5.74, 6) is -0.917. The van der Waals surface area contributed by atoms with Gasteiger partial charge in [-0.25, -0.2) is 9.59 Å². The summed E-state index contributed by atoms with van der Waals surface area (Å²) in [6, 6.07) is 6.80. The van der Waals surface area contributed by atoms with Crippen LogP contribution in [0.1, 0.15) is 19.3 Å². The minimum atomic E-state index is -1.28. The molecular formula is C23H32N6O5. The fraction of sp³-hybridized carbons (Fsp3) is 0.478. The third-order valence-electron chi connectivity index (χ3n) is 5.64. The van der Waals surface area contributed by atoms with Gasteiger partial charge in [0.05, 0.1) is 0 Å². The monoisotopic (exact) mass is 472 g/mol. The lowest BCUT2D eigenvalue weighted by molar-refractivity contribution is -0.139. The highest BCUT2D eigenvalue weighted by molar-refractivity contribution is 5.94. The quantitative estimate of drug-likeness (QED) is 0.337. The molecule has 11 heteroatoms. The lowest BCUT2D eigenvalue weighted by Crippen LogP contribution is -2.50. The van der Waals surface area contributed by atoms with Crippen molar-refractivity contribution in [1.82, 2.24) is 16.0 Å². The zero-order valence-corrected chi connectivity index (χ0v) is 19.1. The maximum Gasteiger partial charge on any atom is 0.408 e. The molecule has 1 aromatic carbocycles. The number of alkyl carbamates (subject to hydrolysis) is 1. The third-order valence-corrected chi connectivity index (χ3v) is 5.64. The molecule has 5 N–H and O–H groups in total. The van der Waals surface area contributed by atoms with Crippen molar-refractivity contribution in [2.45, 2.75) is 25.3 Å². The number of guanidine groups is 1. The van der Waals surface area contributed by atoms with Crippen molar-refractivity contribution in [3.63, 3.8) is 0 Å². The number of nitrogens with one attached hydrogen (secondary N) is 4. The molecule has 0 aliphatic carbocycles. The second-order valence-electron chi connectivity index (χ2n) is 8.11. The van der Waals surface area contributed by atoms with Crippen molar-refractivity contribution < 1.29 is 24.2 Å². The Balaban J connectivity index is 1.46. The van der Waals surface area contributed by atoms with Gasteiger partial charge in [-0.3, -0.25) is 9.79 Å². The van der Waals surface area contributed by atoms with E-state index in [0.29, 0.717) is 25.9 Å². The molecule has 0 aromatic heterocycles. The largest absolute Gasteiger partial charge is 0.480 e. The number of ether oxygens (including phenoxy) is 1. The van der Waals surface area contributed by atoms with E-state index in [1.54, 1.807) is 0 Å². The lowest BCUT2D eigenvalue weighted by Gasteiger charge is -2.33. The Morgan fingerprint density at radius 1 is 1.32 bits per heavy atom. The van der Waals surface area contributed by atoms with Gasteiger partial charge >= 0.3 is 12.1 Å². The fourth-order valence-corrected chi connectivity index (χ4v) is 3.80. The number of carbonyl (C=O) groups excluding carboxylic acids is 2. The van der Waals surface area contributed by atoms with Gasteiger partial charge in [0.25, 0.3) is 0 Å². The lowest BCUT2D eigenvalue weighted by atomic mass is 9.95. The summed E-state index contributed by atoms with van der Waals surface area (Å²) in [4.78, 5) is 42.2. The number of amides is 2. The number of nitrogens with zero attached hydrogens (tertiary/aromatic N) is 2. The van der Waals surface area contributed by atoms with Crippen LogP contribution in [0.15, 0.2) is 41.9 Å². The molecule has 3 rings (SSSR count). The first-order chi connectivity index (χ1) is 16.5. The molecule has 0 bridgehead atoms. The first kappa shape index (κ1) is 24.9. The van der Waals surface area contributed by atoms with Crippen LogP contribution >= 0.6 is 0 Å². The Labute approximate surface area is 198 Å². The van der Waals surface area contributed by atoms with E-state index in [2.05, 4.69) is 43.8 Å². The van der Waals surface area contributed by atoms with E-state index in [-0.39, 0.29) is 25.0 Å². The fourth-order valence-electron chi connectivity index (χ4n) is 3.80. The molecule has 34 heavy (non-hydrogen) atoms. The van der Waals surface area contributed by atoms with Crippen LogP contribution in [0.4, 0.5) is 16.2 Å². The number of rotatable bonds is 9. The minimum absolute atomic E-state index is 0.0340. The first-order valence-corrected chi connectivity index (χ1v) is 11.4. The molecule has 2 amide bonds. The van der Waals surface area contributed by atoms with E-state index in [1.807, 2.05) is 18.2 Å². The summed E-state index contributed by atoms with van der Waals surface area (Å²) in [6.07, 6.45) is 2.81. The number of aliphatic carboxylic acids is 1. The number of piperidine rings is 1. The minimum Gasteiger partial charge on any atom is -0.480 e. The Hall–Kier alpha value is -3.76. The summed E-state index contributed by atoms with van der Waals surface area (Å²) >= 11 is 0. The highest BCUT2D eigenvalue weighted by Crippen LogP contribution is 2.25. The van der Waals surface area contributed by atoms with E-state index in [9.17, 15) is 19.5 Å². The Morgan fingerprint density at radius 3 is 2.79 bits per heavy atom. The van der Waals surface area contributed by atoms with Gasteiger partial charge in [-0.2, -0.15) is 0 Å². The number of carbonyl (C=O) groups is 3. The number of anilines is 2. The van der Waals surface area contributed by atoms with Gasteiger partial charge in [-0.05, 0) is 37.5 Å². The Kier molecular flexibility index (Phi) is 9.12. The topological polar surface area (TPSA) is 144 Å². The predicted octanol–water partition coefficient (Wildman–Crippen LogP) is 1.15. The van der Waals surface area contributed by atoms with Gasteiger partial charge < -0.3 is 36.0 Å². The van der Waals surface area contributed by atoms with Crippen LogP contribution in [0, 0.1) is 5.92 Å². The van der Waals surface area contributed by atoms with Crippen LogP contribution in [0.3, 0.4) is 0 Å². The molecule has 1 saturated heterocycles. The molecule has 0 radical (unpaired) electrons. The zero-order valence-electron chi connectivity index (χ0n) is 19.1. The van der Waals surface area contributed by atoms with Crippen molar-refractivity contribution in [3.8, 4) is 0 Å². The van der Waals surface area contributed by atoms with Gasteiger partial charge in [0, 0.05) is 50.0 Å². The van der Waals surface area contributed by atoms with E-state index in [1.165, 1.54) is 6.08 Å². The second-order valence-corrected chi connectivity index (χ2v) is 8.11. The van der Waals surface area contributed by atoms with Crippen LogP contribution in [-0.2, 0) is 14.3 Å². The third kappa shape index (κ3) is 7.39. The Morgan fingerprint density at radius 2 is 2.12 bits per heavy atom. The van der Waals surface area contributed by atoms with E-state index in [4.69, 9.17) is 4.74 Å². The zero-order chi connectivity index (χ0) is 24.3. The maximum atomic E-state index is 12.6. The molecular weight excluding hydrogens is 440 g/mol. The molecule has 2 aliphatic heterocycles. The average molecular weight is 473 g/mol. The number of hydrogen-bond acceptors (Lipinski definition) is 8. The van der Waals surface area contributed by atoms with Crippen molar-refractivity contribution in [2.75, 3.05) is 49.5 Å². The highest BCUT2D eigenvalue weighted by atomic mass is 16.5. The molecule has 1 fully saturated rings. The second kappa shape index (κ2) is 12.5. The average Bonchev–Trinajstić information content (AvgIpc) is 2.85. The Bertz CT molecular complexity index is 913. The molecule has 1 unspecified atom stereocenters. The molecule has 0 saturated carbocycles. The molecule has 0 spiro atoms. The number of carboxylic acids is 1. The summed E-state index contributed by atoms with van der Waals surface area (Å²) in [5.41, 5.74) is 2.01. The summed E-state index contributed by atoms with van der Waals surface area (Å²) in [7, 11) is 0. The normalized spacial score (nSPS) is 16.9. The number of benzene rings is 1. The number of carboxylic acid groups (broad SMARTS) is 1. The van der Waals surface area contributed by atoms with Crippen LogP contribution in [0.2, 0.25) is 0 Å². The van der Waals surface area contributed by atoms with Crippen LogP contribution in [0.5, 0.6) is 0 Å². The van der Waals surface area contributed by atoms with Gasteiger partial charge in [0.1, 0.15) is 12.6 Å². The summed E-state index contributed by atoms with van der Waals surface area (Å²) < 4.78 is 4.74. The van der Waals surface area contributed by atoms with E-state index >= 15 is 0 Å². The highest BCUT2D eigenvalue weighted by Gasteiger charge is 2.27. The number of aliphatic imine (C=N–C) groups is 1. The van der Waals surface area contributed by atoms with Crippen molar-refractivity contribution in [3.05, 3.63) is 36.9 Å². The van der Waals surface area contributed by atoms with Gasteiger partial charge in [-0.15, -0.1) is 0 Å². The number of hydrogen-bond donors (Lipinski definition) is 5. The van der Waals surface area contributed by atoms with Crippen LogP contribution in [-0.4, -0.2) is 74.4 Å². The molecule has 2 aliphatic rings. The van der Waals surface area contributed by atoms with Gasteiger partial charge in [0.2, 0.25) is 5.91 Å². The SMILES string of the molecule is C=CCOC(=O)NC(CNC(=O)C1CCN(c2cccc(NC3=NCCCN3)c2)CC1)C(=O)O. The van der Waals surface area contributed by atoms with Crippen molar-refractivity contribution in [1.29, 1.82) is 0 Å². The van der Waals surface area contributed by atoms with E-state index < -0.39 is 18.1 Å². The summed E-state index contributed by atoms with van der Waals surface area (Å²) in [5, 5.41) is 20.7. The molecule has 2 heterocycles. The summed E-state index contributed by atoms with van der Waals surface area (Å²) in [6.45, 7) is 6.29. The maximum absolute atomic E-state index is 12.6. The standard InChI is InChI=1S/C23H32N6O5/c1-2-13-34-23(33)28-19(21(31)32)15-26-20(30)16-7-11-29(12-8-16)18-6-3-5-17(14-18)27-22-24-9-4-10-25-22/h2-3,5-6,14,16,19H,1,4,7-13,15H2,(H,26,30)(H,28,33)(H,31,32)(H2,24,25,27). The van der Waals surface area contributed by atoms with Crippen molar-refractivity contribution in [2.24, 2.45) is 10.9 Å². The van der Waals surface area contributed by atoms with Gasteiger partial charge in [-0.1, -0.05) is 18.7 Å². The predicted molar refractivity (Wildman–Crippen MR) is 129 cm³/mol. The first-order valence-electron chi connectivity index (χ1n) is 11.4. The van der Waals surface area contributed by atoms with Crippen LogP contribution in [0.25, 0.3) is 0 Å². The molecule has 1 aromatic rings. The van der Waals surface area contributed by atoms with Crippen LogP contribution < -0.4 is 26.2 Å². The van der Waals surface area contributed by atoms with E-state index in [0.717, 1.165) is 36.8 Å². The molecule has 11 nitrogen and oxygen atoms in total. The van der Waals surface area contributed by atoms with Gasteiger partial charge in [0.15, 0.2) is 5.96 Å². The van der Waals surface area contributed by atoms with Crippen molar-refractivity contribution >= 4 is 35.3 Å². The molecule has 184 valence electrons. The smallest absolute Gasteiger partial charge is 0.408 e. The molecule has 1 atom stereocenters.